The molecular weight excluding hydrogens is 244 g/mol. The van der Waals surface area contributed by atoms with Gasteiger partial charge in [0.25, 0.3) is 0 Å². The van der Waals surface area contributed by atoms with Crippen molar-refractivity contribution in [3.8, 4) is 5.75 Å². The molecule has 0 aromatic heterocycles. The first-order chi connectivity index (χ1) is 9.17. The van der Waals surface area contributed by atoms with Gasteiger partial charge >= 0.3 is 0 Å². The molecule has 2 N–H and O–H groups in total. The van der Waals surface area contributed by atoms with E-state index in [-0.39, 0.29) is 18.4 Å². The lowest BCUT2D eigenvalue weighted by Crippen LogP contribution is -2.32. The molecule has 1 aromatic rings. The molecule has 1 rings (SSSR count). The minimum absolute atomic E-state index is 0.0285. The van der Waals surface area contributed by atoms with E-state index < -0.39 is 0 Å². The van der Waals surface area contributed by atoms with Gasteiger partial charge in [0.1, 0.15) is 5.75 Å². The molecule has 0 bridgehead atoms. The molecule has 0 spiro atoms. The van der Waals surface area contributed by atoms with Gasteiger partial charge < -0.3 is 15.4 Å². The third-order valence-electron chi connectivity index (χ3n) is 2.38. The fourth-order valence-corrected chi connectivity index (χ4v) is 1.54. The van der Waals surface area contributed by atoms with Crippen LogP contribution in [0, 0.1) is 0 Å². The van der Waals surface area contributed by atoms with Crippen LogP contribution in [0.3, 0.4) is 0 Å². The second-order valence-electron chi connectivity index (χ2n) is 4.00. The van der Waals surface area contributed by atoms with E-state index in [4.69, 9.17) is 4.74 Å². The summed E-state index contributed by atoms with van der Waals surface area (Å²) in [6.07, 6.45) is 1.20. The summed E-state index contributed by atoms with van der Waals surface area (Å²) in [5.41, 5.74) is 0.610. The monoisotopic (exact) mass is 264 g/mol. The van der Waals surface area contributed by atoms with Crippen LogP contribution in [0.15, 0.2) is 24.3 Å². The summed E-state index contributed by atoms with van der Waals surface area (Å²) in [4.78, 5) is 22.9. The number of benzene rings is 1. The predicted molar refractivity (Wildman–Crippen MR) is 74.2 cm³/mol. The molecule has 104 valence electrons. The predicted octanol–water partition coefficient (Wildman–Crippen LogP) is 1.94. The summed E-state index contributed by atoms with van der Waals surface area (Å²) in [6.45, 7) is 4.29. The van der Waals surface area contributed by atoms with Crippen molar-refractivity contribution in [2.75, 3.05) is 18.5 Å². The Balaban J connectivity index is 2.50. The molecule has 0 aliphatic heterocycles. The van der Waals surface area contributed by atoms with Crippen molar-refractivity contribution in [2.24, 2.45) is 0 Å². The molecule has 0 aliphatic carbocycles. The quantitative estimate of drug-likeness (QED) is 0.791. The third kappa shape index (κ3) is 5.42. The maximum absolute atomic E-state index is 11.7. The maximum atomic E-state index is 11.7. The van der Waals surface area contributed by atoms with Crippen molar-refractivity contribution in [1.29, 1.82) is 0 Å². The van der Waals surface area contributed by atoms with Gasteiger partial charge in [-0.2, -0.15) is 0 Å². The van der Waals surface area contributed by atoms with Crippen molar-refractivity contribution in [3.63, 3.8) is 0 Å². The van der Waals surface area contributed by atoms with Gasteiger partial charge in [-0.3, -0.25) is 9.59 Å². The first kappa shape index (κ1) is 15.0. The Morgan fingerprint density at radius 3 is 2.58 bits per heavy atom. The number of nitrogens with one attached hydrogen (secondary N) is 2. The van der Waals surface area contributed by atoms with Crippen LogP contribution in [0.1, 0.15) is 26.7 Å². The van der Waals surface area contributed by atoms with Crippen molar-refractivity contribution < 1.29 is 14.3 Å². The Kier molecular flexibility index (Phi) is 6.43. The van der Waals surface area contributed by atoms with E-state index in [0.717, 1.165) is 6.42 Å². The molecule has 0 heterocycles. The summed E-state index contributed by atoms with van der Waals surface area (Å²) in [6, 6.07) is 7.20. The first-order valence-electron chi connectivity index (χ1n) is 6.45. The molecule has 5 heteroatoms. The van der Waals surface area contributed by atoms with Crippen LogP contribution in [0.5, 0.6) is 5.75 Å². The zero-order valence-electron chi connectivity index (χ0n) is 11.4. The van der Waals surface area contributed by atoms with Crippen LogP contribution in [-0.2, 0) is 9.59 Å². The Morgan fingerprint density at radius 2 is 1.89 bits per heavy atom. The topological polar surface area (TPSA) is 67.4 Å². The van der Waals surface area contributed by atoms with Gasteiger partial charge in [0.05, 0.1) is 18.8 Å². The molecule has 5 nitrogen and oxygen atoms in total. The summed E-state index contributed by atoms with van der Waals surface area (Å²) >= 11 is 0. The number of para-hydroxylation sites is 2. The molecule has 0 unspecified atom stereocenters. The average Bonchev–Trinajstić information content (AvgIpc) is 2.39. The Hall–Kier alpha value is -2.04. The molecule has 0 saturated carbocycles. The number of rotatable bonds is 7. The molecule has 19 heavy (non-hydrogen) atoms. The Labute approximate surface area is 113 Å². The van der Waals surface area contributed by atoms with Crippen LogP contribution in [-0.4, -0.2) is 25.0 Å². The normalized spacial score (nSPS) is 9.79. The van der Waals surface area contributed by atoms with Gasteiger partial charge in [-0.1, -0.05) is 19.1 Å². The minimum Gasteiger partial charge on any atom is -0.492 e. The molecule has 0 saturated heterocycles. The van der Waals surface area contributed by atoms with E-state index in [0.29, 0.717) is 24.5 Å². The van der Waals surface area contributed by atoms with Gasteiger partial charge in [-0.25, -0.2) is 0 Å². The largest absolute Gasteiger partial charge is 0.492 e. The van der Waals surface area contributed by atoms with E-state index in [1.807, 2.05) is 26.0 Å². The lowest BCUT2D eigenvalue weighted by molar-refractivity contribution is -0.124. The van der Waals surface area contributed by atoms with Crippen molar-refractivity contribution in [2.45, 2.75) is 26.7 Å². The average molecular weight is 264 g/mol. The number of anilines is 1. The summed E-state index contributed by atoms with van der Waals surface area (Å²) in [7, 11) is 0. The molecular formula is C14H20N2O3. The van der Waals surface area contributed by atoms with Crippen LogP contribution < -0.4 is 15.4 Å². The number of ether oxygens (including phenoxy) is 1. The van der Waals surface area contributed by atoms with E-state index in [2.05, 4.69) is 10.6 Å². The lowest BCUT2D eigenvalue weighted by Gasteiger charge is -2.11. The summed E-state index contributed by atoms with van der Waals surface area (Å²) < 4.78 is 5.40. The lowest BCUT2D eigenvalue weighted by atomic mass is 10.3. The smallest absolute Gasteiger partial charge is 0.243 e. The number of hydrogen-bond donors (Lipinski definition) is 2. The molecule has 0 aliphatic rings. The molecule has 1 aromatic carbocycles. The first-order valence-corrected chi connectivity index (χ1v) is 6.45. The van der Waals surface area contributed by atoms with Crippen molar-refractivity contribution in [3.05, 3.63) is 24.3 Å². The highest BCUT2D eigenvalue weighted by atomic mass is 16.5. The van der Waals surface area contributed by atoms with Crippen molar-refractivity contribution >= 4 is 17.5 Å². The van der Waals surface area contributed by atoms with Crippen LogP contribution in [0.2, 0.25) is 0 Å². The van der Waals surface area contributed by atoms with Gasteiger partial charge in [-0.05, 0) is 25.5 Å². The number of carbonyl (C=O) groups excluding carboxylic acids is 2. The second kappa shape index (κ2) is 8.13. The zero-order valence-corrected chi connectivity index (χ0v) is 11.4. The van der Waals surface area contributed by atoms with E-state index in [1.54, 1.807) is 12.1 Å². The van der Waals surface area contributed by atoms with Gasteiger partial charge in [-0.15, -0.1) is 0 Å². The standard InChI is InChI=1S/C14H20N2O3/c1-3-7-13(17)15-10-14(18)16-11-8-5-6-9-12(11)19-4-2/h5-6,8-9H,3-4,7,10H2,1-2H3,(H,15,17)(H,16,18). The summed E-state index contributed by atoms with van der Waals surface area (Å²) in [5, 5.41) is 5.28. The van der Waals surface area contributed by atoms with E-state index in [9.17, 15) is 9.59 Å². The van der Waals surface area contributed by atoms with Crippen molar-refractivity contribution in [1.82, 2.24) is 5.32 Å². The minimum atomic E-state index is -0.267. The van der Waals surface area contributed by atoms with Crippen LogP contribution >= 0.6 is 0 Å². The third-order valence-corrected chi connectivity index (χ3v) is 2.38. The fraction of sp³-hybridized carbons (Fsp3) is 0.429. The highest BCUT2D eigenvalue weighted by molar-refractivity contribution is 5.95. The number of carbonyl (C=O) groups is 2. The fourth-order valence-electron chi connectivity index (χ4n) is 1.54. The molecule has 0 radical (unpaired) electrons. The number of amides is 2. The van der Waals surface area contributed by atoms with E-state index in [1.165, 1.54) is 0 Å². The molecule has 0 fully saturated rings. The van der Waals surface area contributed by atoms with Gasteiger partial charge in [0, 0.05) is 6.42 Å². The second-order valence-corrected chi connectivity index (χ2v) is 4.00. The SMILES string of the molecule is CCCC(=O)NCC(=O)Nc1ccccc1OCC. The van der Waals surface area contributed by atoms with Crippen LogP contribution in [0.25, 0.3) is 0 Å². The number of hydrogen-bond acceptors (Lipinski definition) is 3. The highest BCUT2D eigenvalue weighted by Gasteiger charge is 2.08. The maximum Gasteiger partial charge on any atom is 0.243 e. The van der Waals surface area contributed by atoms with Gasteiger partial charge in [0.15, 0.2) is 0 Å². The van der Waals surface area contributed by atoms with Gasteiger partial charge in [0.2, 0.25) is 11.8 Å². The van der Waals surface area contributed by atoms with Crippen LogP contribution in [0.4, 0.5) is 5.69 Å². The summed E-state index contributed by atoms with van der Waals surface area (Å²) in [5.74, 6) is 0.241. The zero-order chi connectivity index (χ0) is 14.1. The highest BCUT2D eigenvalue weighted by Crippen LogP contribution is 2.23. The molecule has 0 atom stereocenters. The Morgan fingerprint density at radius 1 is 1.16 bits per heavy atom. The molecule has 2 amide bonds. The van der Waals surface area contributed by atoms with E-state index >= 15 is 0 Å². The Bertz CT molecular complexity index is 432.